The molecule has 0 radical (unpaired) electrons. The summed E-state index contributed by atoms with van der Waals surface area (Å²) in [5, 5.41) is 16.3. The maximum atomic E-state index is 12.1. The topological polar surface area (TPSA) is 110 Å². The Morgan fingerprint density at radius 2 is 2.04 bits per heavy atom. The lowest BCUT2D eigenvalue weighted by Gasteiger charge is -2.12. The molecule has 3 rings (SSSR count). The molecular formula is C16H19Cl2N7OS. The molecule has 0 bridgehead atoms. The molecule has 8 nitrogen and oxygen atoms in total. The average Bonchev–Trinajstić information content (AvgIpc) is 3.01. The minimum Gasteiger partial charge on any atom is -0.334 e. The van der Waals surface area contributed by atoms with Crippen LogP contribution in [0.2, 0.25) is 10.0 Å². The van der Waals surface area contributed by atoms with E-state index in [1.54, 1.807) is 18.2 Å². The van der Waals surface area contributed by atoms with Crippen LogP contribution in [0.1, 0.15) is 32.1 Å². The monoisotopic (exact) mass is 427 g/mol. The summed E-state index contributed by atoms with van der Waals surface area (Å²) in [6, 6.07) is 4.86. The predicted molar refractivity (Wildman–Crippen MR) is 110 cm³/mol. The third kappa shape index (κ3) is 5.50. The highest BCUT2D eigenvalue weighted by atomic mass is 35.5. The van der Waals surface area contributed by atoms with Gasteiger partial charge in [0.05, 0.1) is 16.5 Å². The van der Waals surface area contributed by atoms with E-state index >= 15 is 0 Å². The maximum absolute atomic E-state index is 12.1. The fourth-order valence-electron chi connectivity index (χ4n) is 2.56. The van der Waals surface area contributed by atoms with Crippen LogP contribution in [0.3, 0.4) is 0 Å². The van der Waals surface area contributed by atoms with Gasteiger partial charge >= 0.3 is 0 Å². The molecule has 11 heteroatoms. The fourth-order valence-corrected chi connectivity index (χ4v) is 3.67. The highest BCUT2D eigenvalue weighted by Gasteiger charge is 2.14. The zero-order chi connectivity index (χ0) is 19.2. The van der Waals surface area contributed by atoms with Crippen molar-refractivity contribution in [3.05, 3.63) is 28.2 Å². The first-order valence-corrected chi connectivity index (χ1v) is 10.2. The largest absolute Gasteiger partial charge is 0.334 e. The number of benzene rings is 1. The van der Waals surface area contributed by atoms with E-state index in [0.717, 1.165) is 43.2 Å². The predicted octanol–water partition coefficient (Wildman–Crippen LogP) is 3.76. The lowest BCUT2D eigenvalue weighted by atomic mass is 9.99. The molecule has 1 saturated carbocycles. The first-order valence-electron chi connectivity index (χ1n) is 8.42. The highest BCUT2D eigenvalue weighted by Crippen LogP contribution is 2.26. The van der Waals surface area contributed by atoms with Gasteiger partial charge in [0.15, 0.2) is 0 Å². The van der Waals surface area contributed by atoms with Gasteiger partial charge in [0, 0.05) is 10.7 Å². The Balaban J connectivity index is 1.53. The van der Waals surface area contributed by atoms with Gasteiger partial charge in [-0.1, -0.05) is 41.4 Å². The third-order valence-corrected chi connectivity index (χ3v) is 5.44. The number of rotatable bonds is 6. The molecule has 1 aromatic carbocycles. The smallest absolute Gasteiger partial charge is 0.264 e. The summed E-state index contributed by atoms with van der Waals surface area (Å²) < 4.78 is 1.28. The van der Waals surface area contributed by atoms with E-state index in [1.807, 2.05) is 0 Å². The molecule has 2 aromatic rings. The summed E-state index contributed by atoms with van der Waals surface area (Å²) >= 11 is 13.0. The van der Waals surface area contributed by atoms with Gasteiger partial charge in [-0.3, -0.25) is 4.79 Å². The average molecular weight is 428 g/mol. The molecule has 4 N–H and O–H groups in total. The summed E-state index contributed by atoms with van der Waals surface area (Å²) in [5.74, 6) is 6.15. The fraction of sp³-hybridized carbons (Fsp3) is 0.375. The molecule has 1 amide bonds. The van der Waals surface area contributed by atoms with Gasteiger partial charge in [-0.25, -0.2) is 10.1 Å². The first kappa shape index (κ1) is 19.8. The van der Waals surface area contributed by atoms with E-state index in [-0.39, 0.29) is 11.7 Å². The molecule has 0 aliphatic heterocycles. The standard InChI is InChI=1S/C16H19Cl2N7OS/c17-10-6-7-13(12(18)8-10)20-14(26)9-27-16-24-23-15(25(16)19)22-21-11-4-2-1-3-5-11/h6-8H,1-5,9,19H2,(H,20,26)(H,22,23). The van der Waals surface area contributed by atoms with E-state index < -0.39 is 0 Å². The van der Waals surface area contributed by atoms with E-state index in [4.69, 9.17) is 29.0 Å². The van der Waals surface area contributed by atoms with Crippen LogP contribution in [-0.2, 0) is 4.79 Å². The van der Waals surface area contributed by atoms with Crippen LogP contribution in [0.5, 0.6) is 0 Å². The molecule has 144 valence electrons. The number of hydrogen-bond acceptors (Lipinski definition) is 7. The lowest BCUT2D eigenvalue weighted by Crippen LogP contribution is -2.17. The number of halogens is 2. The number of carbonyl (C=O) groups is 1. The summed E-state index contributed by atoms with van der Waals surface area (Å²) in [7, 11) is 0. The zero-order valence-electron chi connectivity index (χ0n) is 14.4. The van der Waals surface area contributed by atoms with Gasteiger partial charge in [0.25, 0.3) is 5.95 Å². The van der Waals surface area contributed by atoms with Gasteiger partial charge in [-0.2, -0.15) is 5.10 Å². The SMILES string of the molecule is Nn1c(NN=C2CCCCC2)nnc1SCC(=O)Nc1ccc(Cl)cc1Cl. The van der Waals surface area contributed by atoms with Crippen molar-refractivity contribution in [2.75, 3.05) is 22.3 Å². The second-order valence-corrected chi connectivity index (χ2v) is 7.77. The Hall–Kier alpha value is -1.97. The maximum Gasteiger partial charge on any atom is 0.264 e. The second-order valence-electron chi connectivity index (χ2n) is 5.99. The van der Waals surface area contributed by atoms with Crippen molar-refractivity contribution in [2.45, 2.75) is 37.3 Å². The van der Waals surface area contributed by atoms with Gasteiger partial charge < -0.3 is 11.2 Å². The number of nitrogens with zero attached hydrogens (tertiary/aromatic N) is 4. The third-order valence-electron chi connectivity index (χ3n) is 3.95. The van der Waals surface area contributed by atoms with Crippen molar-refractivity contribution in [3.63, 3.8) is 0 Å². The van der Waals surface area contributed by atoms with Crippen LogP contribution in [0.15, 0.2) is 28.5 Å². The van der Waals surface area contributed by atoms with Crippen LogP contribution in [0.4, 0.5) is 11.6 Å². The number of thioether (sulfide) groups is 1. The van der Waals surface area contributed by atoms with Crippen molar-refractivity contribution in [3.8, 4) is 0 Å². The molecule has 0 atom stereocenters. The number of nitrogens with one attached hydrogen (secondary N) is 2. The first-order chi connectivity index (χ1) is 13.0. The lowest BCUT2D eigenvalue weighted by molar-refractivity contribution is -0.113. The number of nitrogens with two attached hydrogens (primary N) is 1. The highest BCUT2D eigenvalue weighted by molar-refractivity contribution is 7.99. The molecule has 1 heterocycles. The van der Waals surface area contributed by atoms with Crippen LogP contribution < -0.4 is 16.6 Å². The molecule has 0 saturated heterocycles. The van der Waals surface area contributed by atoms with Crippen molar-refractivity contribution in [2.24, 2.45) is 5.10 Å². The molecule has 0 unspecified atom stereocenters. The van der Waals surface area contributed by atoms with E-state index in [1.165, 1.54) is 11.1 Å². The van der Waals surface area contributed by atoms with Crippen molar-refractivity contribution in [1.29, 1.82) is 0 Å². The van der Waals surface area contributed by atoms with Crippen LogP contribution in [0.25, 0.3) is 0 Å². The number of hydrogen-bond donors (Lipinski definition) is 3. The van der Waals surface area contributed by atoms with Crippen LogP contribution >= 0.6 is 35.0 Å². The Bertz CT molecular complexity index is 847. The molecule has 0 spiro atoms. The Labute approximate surface area is 170 Å². The number of aromatic nitrogens is 3. The van der Waals surface area contributed by atoms with E-state index in [0.29, 0.717) is 26.8 Å². The van der Waals surface area contributed by atoms with Crippen molar-refractivity contribution in [1.82, 2.24) is 14.9 Å². The normalized spacial score (nSPS) is 14.1. The summed E-state index contributed by atoms with van der Waals surface area (Å²) in [5.41, 5.74) is 4.45. The number of nitrogen functional groups attached to an aromatic ring is 1. The van der Waals surface area contributed by atoms with Gasteiger partial charge in [0.1, 0.15) is 0 Å². The number of anilines is 2. The van der Waals surface area contributed by atoms with E-state index in [9.17, 15) is 4.79 Å². The quantitative estimate of drug-likeness (QED) is 0.367. The minimum absolute atomic E-state index is 0.100. The molecule has 1 aliphatic rings. The van der Waals surface area contributed by atoms with Crippen LogP contribution in [-0.4, -0.2) is 32.2 Å². The van der Waals surface area contributed by atoms with Gasteiger partial charge in [-0.15, -0.1) is 10.2 Å². The second kappa shape index (κ2) is 9.29. The molecule has 1 fully saturated rings. The molecule has 1 aromatic heterocycles. The van der Waals surface area contributed by atoms with Crippen molar-refractivity contribution >= 4 is 58.2 Å². The molecule has 27 heavy (non-hydrogen) atoms. The number of amides is 1. The van der Waals surface area contributed by atoms with Gasteiger partial charge in [-0.05, 0) is 43.9 Å². The molecule has 1 aliphatic carbocycles. The van der Waals surface area contributed by atoms with Crippen LogP contribution in [0, 0.1) is 0 Å². The number of carbonyl (C=O) groups excluding carboxylic acids is 1. The summed E-state index contributed by atoms with van der Waals surface area (Å²) in [6.45, 7) is 0. The van der Waals surface area contributed by atoms with E-state index in [2.05, 4.69) is 26.0 Å². The summed E-state index contributed by atoms with van der Waals surface area (Å²) in [4.78, 5) is 12.1. The minimum atomic E-state index is -0.246. The molecular weight excluding hydrogens is 409 g/mol. The van der Waals surface area contributed by atoms with Gasteiger partial charge in [0.2, 0.25) is 11.1 Å². The Morgan fingerprint density at radius 3 is 2.78 bits per heavy atom. The Kier molecular flexibility index (Phi) is 6.81. The van der Waals surface area contributed by atoms with Crippen molar-refractivity contribution < 1.29 is 4.79 Å². The summed E-state index contributed by atoms with van der Waals surface area (Å²) in [6.07, 6.45) is 5.53. The number of hydrazone groups is 1. The zero-order valence-corrected chi connectivity index (χ0v) is 16.7. The Morgan fingerprint density at radius 1 is 1.26 bits per heavy atom.